The van der Waals surface area contributed by atoms with Crippen molar-refractivity contribution in [3.8, 4) is 17.2 Å². The van der Waals surface area contributed by atoms with E-state index in [9.17, 15) is 9.59 Å². The third kappa shape index (κ3) is 5.33. The topological polar surface area (TPSA) is 77.5 Å². The molecule has 1 amide bonds. The van der Waals surface area contributed by atoms with Crippen molar-refractivity contribution in [3.05, 3.63) is 63.9 Å². The Balaban J connectivity index is 2.06. The van der Waals surface area contributed by atoms with Crippen LogP contribution in [-0.2, 0) is 14.3 Å². The van der Waals surface area contributed by atoms with E-state index in [1.165, 1.54) is 24.0 Å². The number of methoxy groups -OCH3 is 3. The summed E-state index contributed by atoms with van der Waals surface area (Å²) in [6, 6.07) is 10.5. The zero-order valence-corrected chi connectivity index (χ0v) is 21.8. The molecule has 8 nitrogen and oxygen atoms in total. The van der Waals surface area contributed by atoms with Gasteiger partial charge in [-0.1, -0.05) is 12.7 Å². The van der Waals surface area contributed by atoms with Gasteiger partial charge in [0.25, 0.3) is 5.91 Å². The van der Waals surface area contributed by atoms with E-state index in [1.807, 2.05) is 6.07 Å². The van der Waals surface area contributed by atoms with E-state index in [1.54, 1.807) is 49.6 Å². The minimum atomic E-state index is -0.530. The van der Waals surface area contributed by atoms with E-state index in [-0.39, 0.29) is 23.3 Å². The second-order valence-electron chi connectivity index (χ2n) is 6.95. The van der Waals surface area contributed by atoms with Crippen molar-refractivity contribution < 1.29 is 28.5 Å². The predicted octanol–water partition coefficient (Wildman–Crippen LogP) is 4.02. The number of esters is 1. The quantitative estimate of drug-likeness (QED) is 0.142. The molecule has 1 aliphatic heterocycles. The molecule has 2 aromatic rings. The number of thiocarbonyl (C=S) groups is 1. The molecule has 178 valence electrons. The van der Waals surface area contributed by atoms with Crippen LogP contribution in [0.3, 0.4) is 0 Å². The van der Waals surface area contributed by atoms with Crippen LogP contribution in [0.2, 0.25) is 0 Å². The van der Waals surface area contributed by atoms with E-state index in [0.29, 0.717) is 35.1 Å². The van der Waals surface area contributed by atoms with Crippen molar-refractivity contribution in [2.45, 2.75) is 0 Å². The average molecular weight is 594 g/mol. The second kappa shape index (κ2) is 11.3. The fourth-order valence-corrected chi connectivity index (χ4v) is 4.38. The third-order valence-corrected chi connectivity index (χ3v) is 6.09. The summed E-state index contributed by atoms with van der Waals surface area (Å²) in [5.41, 5.74) is 1.45. The van der Waals surface area contributed by atoms with Crippen LogP contribution in [0.1, 0.15) is 5.56 Å². The zero-order valence-electron chi connectivity index (χ0n) is 18.9. The molecule has 0 aromatic heterocycles. The van der Waals surface area contributed by atoms with E-state index in [0.717, 1.165) is 3.57 Å². The number of ether oxygens (including phenoxy) is 4. The van der Waals surface area contributed by atoms with Gasteiger partial charge in [-0.3, -0.25) is 14.5 Å². The van der Waals surface area contributed by atoms with Gasteiger partial charge in [-0.15, -0.1) is 0 Å². The highest BCUT2D eigenvalue weighted by molar-refractivity contribution is 14.1. The lowest BCUT2D eigenvalue weighted by atomic mass is 10.1. The first-order chi connectivity index (χ1) is 16.3. The van der Waals surface area contributed by atoms with Gasteiger partial charge in [-0.05, 0) is 82.8 Å². The number of rotatable bonds is 9. The Kier molecular flexibility index (Phi) is 8.51. The molecule has 34 heavy (non-hydrogen) atoms. The van der Waals surface area contributed by atoms with Gasteiger partial charge in [0, 0.05) is 0 Å². The Hall–Kier alpha value is -3.12. The Morgan fingerprint density at radius 1 is 1.15 bits per heavy atom. The summed E-state index contributed by atoms with van der Waals surface area (Å²) in [6.45, 7) is 3.77. The summed E-state index contributed by atoms with van der Waals surface area (Å²) in [6.07, 6.45) is 3.30. The molecule has 1 aliphatic rings. The van der Waals surface area contributed by atoms with Gasteiger partial charge in [0.15, 0.2) is 16.6 Å². The predicted molar refractivity (Wildman–Crippen MR) is 141 cm³/mol. The molecule has 1 heterocycles. The largest absolute Gasteiger partial charge is 0.497 e. The summed E-state index contributed by atoms with van der Waals surface area (Å²) in [5.74, 6) is 0.812. The number of carbonyl (C=O) groups excluding carboxylic acids is 2. The molecular weight excluding hydrogens is 571 g/mol. The van der Waals surface area contributed by atoms with Crippen molar-refractivity contribution in [2.24, 2.45) is 0 Å². The van der Waals surface area contributed by atoms with E-state index in [4.69, 9.17) is 31.2 Å². The molecule has 0 aliphatic carbocycles. The normalized spacial score (nSPS) is 14.4. The number of hydrogen-bond acceptors (Lipinski definition) is 7. The highest BCUT2D eigenvalue weighted by Gasteiger charge is 2.40. The zero-order chi connectivity index (χ0) is 24.8. The monoisotopic (exact) mass is 594 g/mol. The molecule has 0 unspecified atom stereocenters. The molecule has 0 spiro atoms. The first-order valence-electron chi connectivity index (χ1n) is 10.0. The van der Waals surface area contributed by atoms with Gasteiger partial charge in [0.2, 0.25) is 0 Å². The molecule has 1 saturated heterocycles. The maximum absolute atomic E-state index is 13.5. The van der Waals surface area contributed by atoms with Crippen LogP contribution in [0.4, 0.5) is 5.69 Å². The maximum atomic E-state index is 13.5. The molecule has 0 N–H and O–H groups in total. The fraction of sp³-hybridized carbons (Fsp3) is 0.208. The Labute approximate surface area is 216 Å². The lowest BCUT2D eigenvalue weighted by Crippen LogP contribution is -2.35. The SMILES string of the molecule is C=CCOc1c(I)cc(/C=C2/C(=O)N(c3ccc(OC)cc3)C(=S)N2CC(=O)OC)cc1OC. The van der Waals surface area contributed by atoms with Gasteiger partial charge in [-0.2, -0.15) is 0 Å². The van der Waals surface area contributed by atoms with E-state index < -0.39 is 5.97 Å². The lowest BCUT2D eigenvalue weighted by Gasteiger charge is -2.19. The number of amides is 1. The van der Waals surface area contributed by atoms with Crippen LogP contribution in [0.5, 0.6) is 17.2 Å². The Morgan fingerprint density at radius 3 is 2.44 bits per heavy atom. The number of benzene rings is 2. The molecule has 0 saturated carbocycles. The standard InChI is InChI=1S/C24H23IN2O6S/c1-5-10-33-22-18(25)11-15(13-20(22)31-3)12-19-23(29)27(16-6-8-17(30-2)9-7-16)24(34)26(19)14-21(28)32-4/h5-9,11-13H,1,10,14H2,2-4H3/b19-12-. The van der Waals surface area contributed by atoms with Gasteiger partial charge in [-0.25, -0.2) is 0 Å². The summed E-state index contributed by atoms with van der Waals surface area (Å²) >= 11 is 7.71. The van der Waals surface area contributed by atoms with Gasteiger partial charge in [0.1, 0.15) is 24.6 Å². The molecule has 0 bridgehead atoms. The molecule has 10 heteroatoms. The lowest BCUT2D eigenvalue weighted by molar-refractivity contribution is -0.140. The van der Waals surface area contributed by atoms with Crippen LogP contribution < -0.4 is 19.1 Å². The number of hydrogen-bond donors (Lipinski definition) is 0. The molecule has 3 rings (SSSR count). The van der Waals surface area contributed by atoms with Crippen molar-refractivity contribution >= 4 is 63.6 Å². The average Bonchev–Trinajstić information content (AvgIpc) is 3.06. The Bertz CT molecular complexity index is 1150. The molecule has 1 fully saturated rings. The minimum Gasteiger partial charge on any atom is -0.497 e. The van der Waals surface area contributed by atoms with E-state index >= 15 is 0 Å². The highest BCUT2D eigenvalue weighted by atomic mass is 127. The van der Waals surface area contributed by atoms with Gasteiger partial charge >= 0.3 is 5.97 Å². The number of halogens is 1. The highest BCUT2D eigenvalue weighted by Crippen LogP contribution is 2.36. The summed E-state index contributed by atoms with van der Waals surface area (Å²) in [4.78, 5) is 28.4. The van der Waals surface area contributed by atoms with Gasteiger partial charge < -0.3 is 23.8 Å². The van der Waals surface area contributed by atoms with Gasteiger partial charge in [0.05, 0.1) is 30.6 Å². The Morgan fingerprint density at radius 2 is 1.85 bits per heavy atom. The smallest absolute Gasteiger partial charge is 0.325 e. The fourth-order valence-electron chi connectivity index (χ4n) is 3.25. The number of carbonyl (C=O) groups is 2. The third-order valence-electron chi connectivity index (χ3n) is 4.88. The first-order valence-corrected chi connectivity index (χ1v) is 11.5. The maximum Gasteiger partial charge on any atom is 0.325 e. The second-order valence-corrected chi connectivity index (χ2v) is 8.47. The molecule has 0 radical (unpaired) electrons. The van der Waals surface area contributed by atoms with Crippen LogP contribution in [-0.4, -0.2) is 56.4 Å². The molecule has 0 atom stereocenters. The number of nitrogens with zero attached hydrogens (tertiary/aromatic N) is 2. The first kappa shape index (κ1) is 25.5. The summed E-state index contributed by atoms with van der Waals surface area (Å²) < 4.78 is 22.0. The summed E-state index contributed by atoms with van der Waals surface area (Å²) in [5, 5.41) is 0.166. The van der Waals surface area contributed by atoms with Crippen molar-refractivity contribution in [2.75, 3.05) is 39.4 Å². The molecule has 2 aromatic carbocycles. The van der Waals surface area contributed by atoms with Crippen molar-refractivity contribution in [1.29, 1.82) is 0 Å². The molecular formula is C24H23IN2O6S. The number of anilines is 1. The van der Waals surface area contributed by atoms with Crippen LogP contribution in [0.25, 0.3) is 6.08 Å². The van der Waals surface area contributed by atoms with Crippen molar-refractivity contribution in [1.82, 2.24) is 4.90 Å². The van der Waals surface area contributed by atoms with E-state index in [2.05, 4.69) is 29.2 Å². The van der Waals surface area contributed by atoms with Crippen LogP contribution in [0.15, 0.2) is 54.8 Å². The summed E-state index contributed by atoms with van der Waals surface area (Å²) in [7, 11) is 4.37. The van der Waals surface area contributed by atoms with Crippen LogP contribution in [0, 0.1) is 3.57 Å². The minimum absolute atomic E-state index is 0.166. The van der Waals surface area contributed by atoms with Crippen LogP contribution >= 0.6 is 34.8 Å². The van der Waals surface area contributed by atoms with Crippen molar-refractivity contribution in [3.63, 3.8) is 0 Å².